The zero-order valence-electron chi connectivity index (χ0n) is 10.6. The van der Waals surface area contributed by atoms with Gasteiger partial charge >= 0.3 is 0 Å². The van der Waals surface area contributed by atoms with Crippen molar-refractivity contribution in [1.29, 1.82) is 0 Å². The lowest BCUT2D eigenvalue weighted by Gasteiger charge is -2.37. The van der Waals surface area contributed by atoms with Gasteiger partial charge in [-0.2, -0.15) is 0 Å². The molecular formula is C12H24N2O2. The van der Waals surface area contributed by atoms with Crippen LogP contribution < -0.4 is 5.73 Å². The third-order valence-electron chi connectivity index (χ3n) is 3.44. The highest BCUT2D eigenvalue weighted by atomic mass is 16.5. The van der Waals surface area contributed by atoms with Crippen LogP contribution in [0.25, 0.3) is 0 Å². The molecule has 1 amide bonds. The quantitative estimate of drug-likeness (QED) is 0.781. The molecule has 1 aliphatic heterocycles. The summed E-state index contributed by atoms with van der Waals surface area (Å²) in [7, 11) is 1.60. The molecule has 2 N–H and O–H groups in total. The molecule has 3 atom stereocenters. The van der Waals surface area contributed by atoms with Gasteiger partial charge in [-0.25, -0.2) is 0 Å². The minimum atomic E-state index is -0.142. The van der Waals surface area contributed by atoms with Crippen molar-refractivity contribution < 1.29 is 9.53 Å². The molecule has 0 aliphatic carbocycles. The summed E-state index contributed by atoms with van der Waals surface area (Å²) >= 11 is 0. The summed E-state index contributed by atoms with van der Waals surface area (Å²) in [5.74, 6) is 0.787. The van der Waals surface area contributed by atoms with Gasteiger partial charge in [0.1, 0.15) is 0 Å². The van der Waals surface area contributed by atoms with E-state index in [1.54, 1.807) is 7.11 Å². The minimum Gasteiger partial charge on any atom is -0.380 e. The first-order chi connectivity index (χ1) is 7.58. The first kappa shape index (κ1) is 13.5. The molecule has 4 heteroatoms. The van der Waals surface area contributed by atoms with E-state index < -0.39 is 0 Å². The number of hydrogen-bond acceptors (Lipinski definition) is 3. The summed E-state index contributed by atoms with van der Waals surface area (Å²) in [5.41, 5.74) is 5.53. The fraction of sp³-hybridized carbons (Fsp3) is 0.917. The van der Waals surface area contributed by atoms with E-state index in [4.69, 9.17) is 10.5 Å². The van der Waals surface area contributed by atoms with Crippen molar-refractivity contribution in [2.75, 3.05) is 20.2 Å². The first-order valence-electron chi connectivity index (χ1n) is 6.10. The molecule has 16 heavy (non-hydrogen) atoms. The molecule has 94 valence electrons. The molecule has 0 aromatic heterocycles. The summed E-state index contributed by atoms with van der Waals surface area (Å²) in [6.07, 6.45) is 2.59. The molecule has 3 unspecified atom stereocenters. The van der Waals surface area contributed by atoms with Gasteiger partial charge in [-0.3, -0.25) is 4.79 Å². The maximum absolute atomic E-state index is 12.1. The Hall–Kier alpha value is -0.610. The summed E-state index contributed by atoms with van der Waals surface area (Å²) in [6, 6.07) is 0.360. The Kier molecular flexibility index (Phi) is 5.22. The highest BCUT2D eigenvalue weighted by Crippen LogP contribution is 2.22. The molecule has 0 aromatic rings. The van der Waals surface area contributed by atoms with Crippen molar-refractivity contribution >= 4 is 5.91 Å². The van der Waals surface area contributed by atoms with Crippen LogP contribution in [-0.4, -0.2) is 43.2 Å². The van der Waals surface area contributed by atoms with E-state index in [1.165, 1.54) is 6.42 Å². The summed E-state index contributed by atoms with van der Waals surface area (Å²) < 4.78 is 5.15. The van der Waals surface area contributed by atoms with Crippen LogP contribution in [0.4, 0.5) is 0 Å². The van der Waals surface area contributed by atoms with E-state index in [-0.39, 0.29) is 12.0 Å². The average Bonchev–Trinajstić information content (AvgIpc) is 2.28. The van der Waals surface area contributed by atoms with Crippen LogP contribution in [-0.2, 0) is 9.53 Å². The lowest BCUT2D eigenvalue weighted by Crippen LogP contribution is -2.46. The topological polar surface area (TPSA) is 55.6 Å². The molecule has 1 saturated heterocycles. The van der Waals surface area contributed by atoms with Gasteiger partial charge in [0.05, 0.1) is 12.5 Å². The number of piperidine rings is 1. The lowest BCUT2D eigenvalue weighted by atomic mass is 9.94. The number of amides is 1. The zero-order valence-corrected chi connectivity index (χ0v) is 10.6. The Morgan fingerprint density at radius 2 is 2.19 bits per heavy atom. The van der Waals surface area contributed by atoms with Crippen LogP contribution in [0.15, 0.2) is 0 Å². The molecule has 1 rings (SSSR count). The molecule has 1 fully saturated rings. The Morgan fingerprint density at radius 1 is 1.50 bits per heavy atom. The fourth-order valence-corrected chi connectivity index (χ4v) is 2.21. The summed E-state index contributed by atoms with van der Waals surface area (Å²) in [6.45, 7) is 5.60. The minimum absolute atomic E-state index is 0.142. The predicted octanol–water partition coefficient (Wildman–Crippen LogP) is 0.997. The molecule has 4 nitrogen and oxygen atoms in total. The van der Waals surface area contributed by atoms with Crippen LogP contribution in [0.3, 0.4) is 0 Å². The van der Waals surface area contributed by atoms with Crippen LogP contribution in [0.1, 0.15) is 33.1 Å². The number of nitrogens with two attached hydrogens (primary N) is 1. The standard InChI is InChI=1S/C12H24N2O2/c1-9-4-5-10(2)14(8-9)12(15)6-11(7-13)16-3/h9-11H,4-8,13H2,1-3H3. The molecule has 0 bridgehead atoms. The Bertz CT molecular complexity index is 229. The van der Waals surface area contributed by atoms with Crippen molar-refractivity contribution in [3.05, 3.63) is 0 Å². The monoisotopic (exact) mass is 228 g/mol. The van der Waals surface area contributed by atoms with Gasteiger partial charge in [-0.05, 0) is 25.7 Å². The smallest absolute Gasteiger partial charge is 0.225 e. The second-order valence-corrected chi connectivity index (χ2v) is 4.88. The van der Waals surface area contributed by atoms with Gasteiger partial charge in [0.2, 0.25) is 5.91 Å². The molecular weight excluding hydrogens is 204 g/mol. The van der Waals surface area contributed by atoms with E-state index in [1.807, 2.05) is 4.90 Å². The molecule has 0 aromatic carbocycles. The molecule has 1 heterocycles. The van der Waals surface area contributed by atoms with E-state index in [0.717, 1.165) is 13.0 Å². The maximum atomic E-state index is 12.1. The van der Waals surface area contributed by atoms with Crippen LogP contribution in [0.5, 0.6) is 0 Å². The van der Waals surface area contributed by atoms with Crippen LogP contribution in [0, 0.1) is 5.92 Å². The molecule has 0 saturated carbocycles. The average molecular weight is 228 g/mol. The third kappa shape index (κ3) is 3.46. The van der Waals surface area contributed by atoms with Gasteiger partial charge in [-0.1, -0.05) is 6.92 Å². The van der Waals surface area contributed by atoms with Crippen molar-refractivity contribution in [1.82, 2.24) is 4.90 Å². The van der Waals surface area contributed by atoms with Crippen molar-refractivity contribution in [3.8, 4) is 0 Å². The fourth-order valence-electron chi connectivity index (χ4n) is 2.21. The van der Waals surface area contributed by atoms with Crippen LogP contribution in [0.2, 0.25) is 0 Å². The normalized spacial score (nSPS) is 27.9. The van der Waals surface area contributed by atoms with Crippen molar-refractivity contribution in [3.63, 3.8) is 0 Å². The second-order valence-electron chi connectivity index (χ2n) is 4.88. The number of rotatable bonds is 4. The van der Waals surface area contributed by atoms with Crippen molar-refractivity contribution in [2.45, 2.75) is 45.3 Å². The number of carbonyl (C=O) groups excluding carboxylic acids is 1. The van der Waals surface area contributed by atoms with E-state index in [2.05, 4.69) is 13.8 Å². The third-order valence-corrected chi connectivity index (χ3v) is 3.44. The maximum Gasteiger partial charge on any atom is 0.225 e. The highest BCUT2D eigenvalue weighted by Gasteiger charge is 2.27. The van der Waals surface area contributed by atoms with E-state index in [9.17, 15) is 4.79 Å². The van der Waals surface area contributed by atoms with Gasteiger partial charge in [0.15, 0.2) is 0 Å². The van der Waals surface area contributed by atoms with Gasteiger partial charge in [0.25, 0.3) is 0 Å². The number of methoxy groups -OCH3 is 1. The van der Waals surface area contributed by atoms with Gasteiger partial charge in [0, 0.05) is 26.2 Å². The highest BCUT2D eigenvalue weighted by molar-refractivity contribution is 5.77. The zero-order chi connectivity index (χ0) is 12.1. The van der Waals surface area contributed by atoms with E-state index >= 15 is 0 Å². The number of carbonyl (C=O) groups is 1. The lowest BCUT2D eigenvalue weighted by molar-refractivity contribution is -0.137. The Morgan fingerprint density at radius 3 is 2.75 bits per heavy atom. The predicted molar refractivity (Wildman–Crippen MR) is 64.0 cm³/mol. The Balaban J connectivity index is 2.51. The van der Waals surface area contributed by atoms with Crippen molar-refractivity contribution in [2.24, 2.45) is 11.7 Å². The molecule has 1 aliphatic rings. The number of nitrogens with zero attached hydrogens (tertiary/aromatic N) is 1. The molecule has 0 spiro atoms. The number of hydrogen-bond donors (Lipinski definition) is 1. The molecule has 0 radical (unpaired) electrons. The van der Waals surface area contributed by atoms with E-state index in [0.29, 0.717) is 24.9 Å². The Labute approximate surface area is 98.1 Å². The largest absolute Gasteiger partial charge is 0.380 e. The number of likely N-dealkylation sites (tertiary alicyclic amines) is 1. The number of ether oxygens (including phenoxy) is 1. The van der Waals surface area contributed by atoms with Crippen LogP contribution >= 0.6 is 0 Å². The SMILES string of the molecule is COC(CN)CC(=O)N1CC(C)CCC1C. The van der Waals surface area contributed by atoms with Gasteiger partial charge < -0.3 is 15.4 Å². The second kappa shape index (κ2) is 6.21. The first-order valence-corrected chi connectivity index (χ1v) is 6.10. The summed E-state index contributed by atoms with van der Waals surface area (Å²) in [4.78, 5) is 14.1. The summed E-state index contributed by atoms with van der Waals surface area (Å²) in [5, 5.41) is 0. The van der Waals surface area contributed by atoms with Gasteiger partial charge in [-0.15, -0.1) is 0 Å².